The summed E-state index contributed by atoms with van der Waals surface area (Å²) in [7, 11) is 0. The molecule has 7 nitrogen and oxygen atoms in total. The number of anilines is 1. The standard InChI is InChI=1S/C29H26N2O5S/c1-3-16-36-20-12-10-18(11-13-20)25-24(26(32)19-8-6-5-7-9-19)27(33)28(34)31(25)29-30-22-15-14-21(35-4-2)17-23(22)37-29/h5-15,17,25,32H,3-4,16H2,1-2H3. The number of carbonyl (C=O) groups is 2. The number of amides is 1. The van der Waals surface area contributed by atoms with Gasteiger partial charge < -0.3 is 14.6 Å². The number of aliphatic hydroxyl groups excluding tert-OH is 1. The van der Waals surface area contributed by atoms with E-state index in [1.165, 1.54) is 16.2 Å². The van der Waals surface area contributed by atoms with Crippen LogP contribution in [0.25, 0.3) is 16.0 Å². The molecule has 1 unspecified atom stereocenters. The fourth-order valence-corrected chi connectivity index (χ4v) is 5.34. The molecule has 1 aliphatic rings. The van der Waals surface area contributed by atoms with Crippen LogP contribution in [0.1, 0.15) is 37.4 Å². The van der Waals surface area contributed by atoms with E-state index in [2.05, 4.69) is 4.98 Å². The lowest BCUT2D eigenvalue weighted by Gasteiger charge is -2.23. The minimum absolute atomic E-state index is 0.0210. The lowest BCUT2D eigenvalue weighted by atomic mass is 9.95. The molecule has 0 aliphatic carbocycles. The van der Waals surface area contributed by atoms with Crippen LogP contribution >= 0.6 is 11.3 Å². The first-order valence-corrected chi connectivity index (χ1v) is 13.0. The summed E-state index contributed by atoms with van der Waals surface area (Å²) in [6, 6.07) is 20.7. The maximum Gasteiger partial charge on any atom is 0.301 e. The minimum Gasteiger partial charge on any atom is -0.507 e. The van der Waals surface area contributed by atoms with Gasteiger partial charge in [0, 0.05) is 5.56 Å². The molecule has 1 amide bonds. The van der Waals surface area contributed by atoms with Crippen molar-refractivity contribution >= 4 is 44.1 Å². The molecule has 3 aromatic carbocycles. The highest BCUT2D eigenvalue weighted by molar-refractivity contribution is 7.22. The van der Waals surface area contributed by atoms with Gasteiger partial charge in [-0.1, -0.05) is 60.7 Å². The van der Waals surface area contributed by atoms with Crippen LogP contribution in [0.4, 0.5) is 5.13 Å². The van der Waals surface area contributed by atoms with Crippen molar-refractivity contribution in [1.29, 1.82) is 0 Å². The zero-order valence-electron chi connectivity index (χ0n) is 20.5. The summed E-state index contributed by atoms with van der Waals surface area (Å²) in [6.45, 7) is 5.05. The van der Waals surface area contributed by atoms with E-state index in [0.29, 0.717) is 46.5 Å². The average molecular weight is 515 g/mol. The lowest BCUT2D eigenvalue weighted by molar-refractivity contribution is -0.132. The summed E-state index contributed by atoms with van der Waals surface area (Å²) in [5, 5.41) is 11.6. The number of hydrogen-bond acceptors (Lipinski definition) is 7. The average Bonchev–Trinajstić information content (AvgIpc) is 3.45. The Morgan fingerprint density at radius 1 is 0.973 bits per heavy atom. The topological polar surface area (TPSA) is 89.0 Å². The van der Waals surface area contributed by atoms with Crippen molar-refractivity contribution in [2.45, 2.75) is 26.3 Å². The third-order valence-corrected chi connectivity index (χ3v) is 7.04. The second-order valence-electron chi connectivity index (χ2n) is 8.51. The third kappa shape index (κ3) is 4.68. The van der Waals surface area contributed by atoms with E-state index in [1.807, 2.05) is 50.2 Å². The number of thiazole rings is 1. The number of aromatic nitrogens is 1. The number of ether oxygens (including phenoxy) is 2. The van der Waals surface area contributed by atoms with E-state index < -0.39 is 17.7 Å². The molecule has 0 spiro atoms. The molecule has 0 bridgehead atoms. The number of hydrogen-bond donors (Lipinski definition) is 1. The smallest absolute Gasteiger partial charge is 0.301 e. The van der Waals surface area contributed by atoms with Gasteiger partial charge in [-0.25, -0.2) is 4.98 Å². The van der Waals surface area contributed by atoms with Gasteiger partial charge in [-0.2, -0.15) is 0 Å². The maximum atomic E-state index is 13.4. The van der Waals surface area contributed by atoms with Gasteiger partial charge in [0.25, 0.3) is 5.78 Å². The molecule has 8 heteroatoms. The molecule has 1 fully saturated rings. The first-order chi connectivity index (χ1) is 18.0. The summed E-state index contributed by atoms with van der Waals surface area (Å²) in [5.74, 6) is -0.327. The van der Waals surface area contributed by atoms with Crippen LogP contribution < -0.4 is 14.4 Å². The Kier molecular flexibility index (Phi) is 6.92. The molecule has 37 heavy (non-hydrogen) atoms. The summed E-state index contributed by atoms with van der Waals surface area (Å²) in [6.07, 6.45) is 0.877. The van der Waals surface area contributed by atoms with Crippen molar-refractivity contribution < 1.29 is 24.2 Å². The van der Waals surface area contributed by atoms with Gasteiger partial charge in [-0.05, 0) is 49.2 Å². The number of rotatable bonds is 8. The van der Waals surface area contributed by atoms with Crippen molar-refractivity contribution in [1.82, 2.24) is 4.98 Å². The Bertz CT molecular complexity index is 1480. The normalized spacial score (nSPS) is 16.9. The molecule has 4 aromatic rings. The van der Waals surface area contributed by atoms with Gasteiger partial charge in [0.05, 0.1) is 35.0 Å². The monoisotopic (exact) mass is 514 g/mol. The van der Waals surface area contributed by atoms with Crippen LogP contribution in [0.5, 0.6) is 11.5 Å². The first-order valence-electron chi connectivity index (χ1n) is 12.1. The van der Waals surface area contributed by atoms with Crippen LogP contribution in [0, 0.1) is 0 Å². The number of benzene rings is 3. The van der Waals surface area contributed by atoms with Gasteiger partial charge in [-0.3, -0.25) is 14.5 Å². The van der Waals surface area contributed by atoms with E-state index in [1.54, 1.807) is 36.4 Å². The maximum absolute atomic E-state index is 13.4. The molecule has 1 saturated heterocycles. The largest absolute Gasteiger partial charge is 0.507 e. The van der Waals surface area contributed by atoms with Crippen LogP contribution in [0.3, 0.4) is 0 Å². The van der Waals surface area contributed by atoms with Crippen LogP contribution in [-0.2, 0) is 9.59 Å². The molecule has 188 valence electrons. The Morgan fingerprint density at radius 2 is 1.70 bits per heavy atom. The van der Waals surface area contributed by atoms with Gasteiger partial charge in [0.2, 0.25) is 0 Å². The molecule has 2 heterocycles. The van der Waals surface area contributed by atoms with Gasteiger partial charge >= 0.3 is 5.91 Å². The summed E-state index contributed by atoms with van der Waals surface area (Å²) < 4.78 is 12.1. The highest BCUT2D eigenvalue weighted by Gasteiger charge is 2.48. The van der Waals surface area contributed by atoms with E-state index in [0.717, 1.165) is 11.1 Å². The van der Waals surface area contributed by atoms with Crippen LogP contribution in [0.15, 0.2) is 78.4 Å². The van der Waals surface area contributed by atoms with Gasteiger partial charge in [0.15, 0.2) is 5.13 Å². The van der Waals surface area contributed by atoms with Gasteiger partial charge in [-0.15, -0.1) is 0 Å². The number of ketones is 1. The fourth-order valence-electron chi connectivity index (χ4n) is 4.32. The molecule has 1 N–H and O–H groups in total. The van der Waals surface area contributed by atoms with Crippen LogP contribution in [0.2, 0.25) is 0 Å². The number of carbonyl (C=O) groups excluding carboxylic acids is 2. The van der Waals surface area contributed by atoms with Crippen molar-refractivity contribution in [2.24, 2.45) is 0 Å². The van der Waals surface area contributed by atoms with E-state index >= 15 is 0 Å². The molecule has 1 atom stereocenters. The molecular formula is C29H26N2O5S. The number of nitrogens with zero attached hydrogens (tertiary/aromatic N) is 2. The van der Waals surface area contributed by atoms with Gasteiger partial charge in [0.1, 0.15) is 17.3 Å². The Balaban J connectivity index is 1.64. The minimum atomic E-state index is -0.854. The zero-order chi connectivity index (χ0) is 25.9. The SMILES string of the molecule is CCCOc1ccc(C2C(=C(O)c3ccccc3)C(=O)C(=O)N2c2nc3ccc(OCC)cc3s2)cc1. The summed E-state index contributed by atoms with van der Waals surface area (Å²) in [5.41, 5.74) is 1.83. The second kappa shape index (κ2) is 10.4. The van der Waals surface area contributed by atoms with Crippen molar-refractivity contribution in [3.63, 3.8) is 0 Å². The summed E-state index contributed by atoms with van der Waals surface area (Å²) >= 11 is 1.30. The number of aliphatic hydroxyl groups is 1. The van der Waals surface area contributed by atoms with Crippen molar-refractivity contribution in [3.8, 4) is 11.5 Å². The molecule has 0 radical (unpaired) electrons. The predicted octanol–water partition coefficient (Wildman–Crippen LogP) is 6.11. The van der Waals surface area contributed by atoms with E-state index in [-0.39, 0.29) is 11.3 Å². The molecule has 1 aliphatic heterocycles. The second-order valence-corrected chi connectivity index (χ2v) is 9.52. The molecule has 0 saturated carbocycles. The third-order valence-electron chi connectivity index (χ3n) is 6.03. The Labute approximate surface area is 218 Å². The first kappa shape index (κ1) is 24.5. The van der Waals surface area contributed by atoms with Crippen molar-refractivity contribution in [2.75, 3.05) is 18.1 Å². The predicted molar refractivity (Wildman–Crippen MR) is 144 cm³/mol. The molecule has 5 rings (SSSR count). The van der Waals surface area contributed by atoms with Crippen LogP contribution in [-0.4, -0.2) is 35.0 Å². The Hall–Kier alpha value is -4.17. The fraction of sp³-hybridized carbons (Fsp3) is 0.207. The van der Waals surface area contributed by atoms with Crippen molar-refractivity contribution in [3.05, 3.63) is 89.5 Å². The number of Topliss-reactive ketones (excluding diaryl/α,β-unsaturated/α-hetero) is 1. The Morgan fingerprint density at radius 3 is 2.41 bits per heavy atom. The molecular weight excluding hydrogens is 488 g/mol. The highest BCUT2D eigenvalue weighted by Crippen LogP contribution is 2.44. The van der Waals surface area contributed by atoms with E-state index in [4.69, 9.17) is 9.47 Å². The molecule has 1 aromatic heterocycles. The van der Waals surface area contributed by atoms with E-state index in [9.17, 15) is 14.7 Å². The lowest BCUT2D eigenvalue weighted by Crippen LogP contribution is -2.29. The quantitative estimate of drug-likeness (QED) is 0.173. The summed E-state index contributed by atoms with van der Waals surface area (Å²) in [4.78, 5) is 32.9. The zero-order valence-corrected chi connectivity index (χ0v) is 21.3. The number of fused-ring (bicyclic) bond motifs is 1. The highest BCUT2D eigenvalue weighted by atomic mass is 32.1.